The highest BCUT2D eigenvalue weighted by Gasteiger charge is 2.19. The Balaban J connectivity index is 1.88. The van der Waals surface area contributed by atoms with Gasteiger partial charge in [-0.3, -0.25) is 9.17 Å². The maximum absolute atomic E-state index is 13.6. The highest BCUT2D eigenvalue weighted by molar-refractivity contribution is 7.86. The topological polar surface area (TPSA) is 86.5 Å². The molecule has 1 atom stereocenters. The normalized spacial score (nSPS) is 13.2. The zero-order chi connectivity index (χ0) is 20.8. The summed E-state index contributed by atoms with van der Waals surface area (Å²) in [5.41, 5.74) is 4.04. The van der Waals surface area contributed by atoms with Crippen LogP contribution in [0.15, 0.2) is 42.7 Å². The predicted octanol–water partition coefficient (Wildman–Crippen LogP) is 3.68. The molecular weight excluding hydrogens is 395 g/mol. The number of aromatic nitrogens is 4. The maximum Gasteiger partial charge on any atom is 0.265 e. The molecule has 0 fully saturated rings. The third-order valence-electron chi connectivity index (χ3n) is 4.62. The summed E-state index contributed by atoms with van der Waals surface area (Å²) in [7, 11) is -3.63. The fourth-order valence-electron chi connectivity index (χ4n) is 3.27. The van der Waals surface area contributed by atoms with E-state index in [0.29, 0.717) is 34.2 Å². The van der Waals surface area contributed by atoms with Gasteiger partial charge in [0.2, 0.25) is 0 Å². The third-order valence-corrected chi connectivity index (χ3v) is 5.26. The Morgan fingerprint density at radius 2 is 2.00 bits per heavy atom. The largest absolute Gasteiger partial charge is 0.265 e. The van der Waals surface area contributed by atoms with E-state index < -0.39 is 16.2 Å². The minimum absolute atomic E-state index is 0.336. The average molecular weight is 414 g/mol. The van der Waals surface area contributed by atoms with E-state index in [1.54, 1.807) is 36.0 Å². The van der Waals surface area contributed by atoms with E-state index in [1.165, 1.54) is 12.1 Å². The first-order chi connectivity index (χ1) is 13.7. The Morgan fingerprint density at radius 3 is 2.72 bits per heavy atom. The summed E-state index contributed by atoms with van der Waals surface area (Å²) in [4.78, 5) is 9.01. The molecule has 4 rings (SSSR count). The Hall–Kier alpha value is -2.91. The molecular formula is C20H19FN4O3S. The van der Waals surface area contributed by atoms with Crippen LogP contribution in [-0.2, 0) is 20.7 Å². The second-order valence-corrected chi connectivity index (χ2v) is 8.42. The quantitative estimate of drug-likeness (QED) is 0.463. The Kier molecular flexibility index (Phi) is 4.79. The molecule has 0 saturated heterocycles. The number of rotatable bonds is 5. The lowest BCUT2D eigenvalue weighted by Crippen LogP contribution is -2.11. The molecule has 3 aromatic heterocycles. The highest BCUT2D eigenvalue weighted by Crippen LogP contribution is 2.28. The molecule has 0 saturated carbocycles. The Morgan fingerprint density at radius 1 is 1.21 bits per heavy atom. The molecule has 0 aliphatic carbocycles. The van der Waals surface area contributed by atoms with Gasteiger partial charge in [-0.05, 0) is 43.7 Å². The Bertz CT molecular complexity index is 1330. The summed E-state index contributed by atoms with van der Waals surface area (Å²) in [6, 6.07) is 8.04. The summed E-state index contributed by atoms with van der Waals surface area (Å²) in [6.07, 6.45) is 4.29. The van der Waals surface area contributed by atoms with Crippen LogP contribution in [0.2, 0.25) is 0 Å². The van der Waals surface area contributed by atoms with E-state index in [-0.39, 0.29) is 5.82 Å². The van der Waals surface area contributed by atoms with Crippen molar-refractivity contribution in [1.82, 2.24) is 19.6 Å². The van der Waals surface area contributed by atoms with Crippen molar-refractivity contribution in [2.24, 2.45) is 0 Å². The van der Waals surface area contributed by atoms with E-state index in [0.717, 1.165) is 17.5 Å². The van der Waals surface area contributed by atoms with Gasteiger partial charge in [-0.25, -0.2) is 13.9 Å². The van der Waals surface area contributed by atoms with Crippen molar-refractivity contribution in [3.05, 3.63) is 59.9 Å². The first-order valence-corrected chi connectivity index (χ1v) is 10.9. The van der Waals surface area contributed by atoms with Gasteiger partial charge < -0.3 is 0 Å². The van der Waals surface area contributed by atoms with Crippen LogP contribution >= 0.6 is 0 Å². The van der Waals surface area contributed by atoms with Gasteiger partial charge in [0.25, 0.3) is 10.1 Å². The van der Waals surface area contributed by atoms with Gasteiger partial charge in [0.05, 0.1) is 23.7 Å². The van der Waals surface area contributed by atoms with Crippen molar-refractivity contribution in [3.8, 4) is 11.1 Å². The van der Waals surface area contributed by atoms with Crippen molar-refractivity contribution in [3.63, 3.8) is 0 Å². The second kappa shape index (κ2) is 7.16. The summed E-state index contributed by atoms with van der Waals surface area (Å²) < 4.78 is 43.5. The first-order valence-electron chi connectivity index (χ1n) is 9.06. The summed E-state index contributed by atoms with van der Waals surface area (Å²) in [5.74, 6) is -0.336. The average Bonchev–Trinajstić information content (AvgIpc) is 3.09. The number of halogens is 1. The molecule has 0 spiro atoms. The molecule has 0 aliphatic rings. The lowest BCUT2D eigenvalue weighted by Gasteiger charge is -2.13. The fraction of sp³-hybridized carbons (Fsp3) is 0.250. The summed E-state index contributed by atoms with van der Waals surface area (Å²) >= 11 is 0. The fourth-order valence-corrected chi connectivity index (χ4v) is 3.89. The van der Waals surface area contributed by atoms with E-state index in [9.17, 15) is 12.8 Å². The maximum atomic E-state index is 13.6. The monoisotopic (exact) mass is 414 g/mol. The number of nitrogens with zero attached hydrogens (tertiary/aromatic N) is 4. The number of benzene rings is 1. The van der Waals surface area contributed by atoms with Gasteiger partial charge in [-0.1, -0.05) is 6.92 Å². The third kappa shape index (κ3) is 3.83. The molecule has 0 amide bonds. The van der Waals surface area contributed by atoms with E-state index >= 15 is 0 Å². The molecule has 7 nitrogen and oxygen atoms in total. The molecule has 150 valence electrons. The molecule has 0 bridgehead atoms. The van der Waals surface area contributed by atoms with Crippen LogP contribution in [0.1, 0.15) is 31.3 Å². The lowest BCUT2D eigenvalue weighted by molar-refractivity contribution is 0.231. The SMILES string of the molecule is CCc1cc(C(C)OS(C)(=O)=O)nc2c(-c3cnc4ccc(F)cc4c3)cnn12. The van der Waals surface area contributed by atoms with Gasteiger partial charge >= 0.3 is 0 Å². The van der Waals surface area contributed by atoms with Crippen LogP contribution in [0.3, 0.4) is 0 Å². The number of aryl methyl sites for hydroxylation is 1. The number of fused-ring (bicyclic) bond motifs is 2. The van der Waals surface area contributed by atoms with E-state index in [2.05, 4.69) is 15.1 Å². The van der Waals surface area contributed by atoms with Crippen molar-refractivity contribution in [1.29, 1.82) is 0 Å². The number of pyridine rings is 1. The van der Waals surface area contributed by atoms with Gasteiger partial charge in [0, 0.05) is 28.4 Å². The standard InChI is InChI=1S/C20H19FN4O3S/c1-4-16-9-19(12(2)28-29(3,26)27)24-20-17(11-23-25(16)20)14-7-13-8-15(21)5-6-18(13)22-10-14/h5-12H,4H2,1-3H3. The van der Waals surface area contributed by atoms with Crippen molar-refractivity contribution < 1.29 is 17.0 Å². The van der Waals surface area contributed by atoms with Crippen LogP contribution in [0.25, 0.3) is 27.7 Å². The smallest absolute Gasteiger partial charge is 0.261 e. The highest BCUT2D eigenvalue weighted by atomic mass is 32.2. The number of hydrogen-bond acceptors (Lipinski definition) is 6. The zero-order valence-corrected chi connectivity index (χ0v) is 16.9. The summed E-state index contributed by atoms with van der Waals surface area (Å²) in [5, 5.41) is 5.10. The molecule has 1 aromatic carbocycles. The molecule has 3 heterocycles. The molecule has 0 aliphatic heterocycles. The molecule has 1 unspecified atom stereocenters. The second-order valence-electron chi connectivity index (χ2n) is 6.82. The molecule has 0 N–H and O–H groups in total. The lowest BCUT2D eigenvalue weighted by atomic mass is 10.1. The first kappa shape index (κ1) is 19.4. The van der Waals surface area contributed by atoms with Crippen LogP contribution in [-0.4, -0.2) is 34.3 Å². The molecule has 4 aromatic rings. The number of hydrogen-bond donors (Lipinski definition) is 0. The molecule has 9 heteroatoms. The zero-order valence-electron chi connectivity index (χ0n) is 16.1. The van der Waals surface area contributed by atoms with Crippen LogP contribution in [0, 0.1) is 5.82 Å². The summed E-state index contributed by atoms with van der Waals surface area (Å²) in [6.45, 7) is 3.61. The van der Waals surface area contributed by atoms with Crippen molar-refractivity contribution in [2.45, 2.75) is 26.4 Å². The van der Waals surface area contributed by atoms with Crippen LogP contribution in [0.4, 0.5) is 4.39 Å². The van der Waals surface area contributed by atoms with Crippen molar-refractivity contribution in [2.75, 3.05) is 6.26 Å². The van der Waals surface area contributed by atoms with Gasteiger partial charge in [-0.15, -0.1) is 0 Å². The van der Waals surface area contributed by atoms with Crippen LogP contribution < -0.4 is 0 Å². The molecule has 0 radical (unpaired) electrons. The predicted molar refractivity (Wildman–Crippen MR) is 107 cm³/mol. The van der Waals surface area contributed by atoms with Gasteiger partial charge in [0.1, 0.15) is 11.9 Å². The van der Waals surface area contributed by atoms with Gasteiger partial charge in [0.15, 0.2) is 5.65 Å². The van der Waals surface area contributed by atoms with E-state index in [4.69, 9.17) is 4.18 Å². The Labute approximate surface area is 167 Å². The van der Waals surface area contributed by atoms with Crippen molar-refractivity contribution >= 4 is 26.7 Å². The minimum atomic E-state index is -3.63. The minimum Gasteiger partial charge on any atom is -0.261 e. The van der Waals surface area contributed by atoms with Crippen LogP contribution in [0.5, 0.6) is 0 Å². The van der Waals surface area contributed by atoms with Gasteiger partial charge in [-0.2, -0.15) is 13.5 Å². The van der Waals surface area contributed by atoms with E-state index in [1.807, 2.05) is 13.0 Å². The molecule has 29 heavy (non-hydrogen) atoms.